The van der Waals surface area contributed by atoms with Crippen LogP contribution in [0.15, 0.2) is 48.1 Å². The molecule has 3 aromatic rings. The number of hydrogen-bond donors (Lipinski definition) is 1. The fraction of sp³-hybridized carbons (Fsp3) is 0.381. The summed E-state index contributed by atoms with van der Waals surface area (Å²) in [4.78, 5) is 32.0. The number of rotatable bonds is 6. The Hall–Kier alpha value is -2.67. The predicted molar refractivity (Wildman–Crippen MR) is 109 cm³/mol. The number of thiazole rings is 1. The Balaban J connectivity index is 1.20. The summed E-state index contributed by atoms with van der Waals surface area (Å²) >= 11 is 1.57. The van der Waals surface area contributed by atoms with Crippen LogP contribution in [0.4, 0.5) is 0 Å². The van der Waals surface area contributed by atoms with Crippen molar-refractivity contribution in [1.29, 1.82) is 0 Å². The summed E-state index contributed by atoms with van der Waals surface area (Å²) in [7, 11) is 0. The average molecular weight is 397 g/mol. The molecule has 0 saturated carbocycles. The van der Waals surface area contributed by atoms with Crippen LogP contribution in [0.1, 0.15) is 30.5 Å². The molecule has 28 heavy (non-hydrogen) atoms. The van der Waals surface area contributed by atoms with Crippen LogP contribution in [-0.4, -0.2) is 45.2 Å². The van der Waals surface area contributed by atoms with Crippen LogP contribution in [0.2, 0.25) is 0 Å². The first kappa shape index (κ1) is 18.7. The lowest BCUT2D eigenvalue weighted by Gasteiger charge is -2.32. The standard InChI is InChI=1S/C21H24N4O2S/c26-19(7-6-16-4-2-1-3-5-16)22-17-8-10-24(11-9-17)20(27)14-18-15-25-12-13-28-21(25)23-18/h1-5,12-13,15,17H,6-11,14H2,(H,22,26). The van der Waals surface area contributed by atoms with Gasteiger partial charge in [0.05, 0.1) is 12.1 Å². The minimum Gasteiger partial charge on any atom is -0.353 e. The van der Waals surface area contributed by atoms with Gasteiger partial charge in [-0.05, 0) is 24.8 Å². The Kier molecular flexibility index (Phi) is 5.71. The molecule has 146 valence electrons. The minimum absolute atomic E-state index is 0.0895. The van der Waals surface area contributed by atoms with Crippen molar-refractivity contribution in [2.24, 2.45) is 0 Å². The maximum absolute atomic E-state index is 12.5. The predicted octanol–water partition coefficient (Wildman–Crippen LogP) is 2.68. The van der Waals surface area contributed by atoms with Gasteiger partial charge in [0, 0.05) is 43.3 Å². The number of amides is 2. The molecule has 0 radical (unpaired) electrons. The zero-order valence-electron chi connectivity index (χ0n) is 15.7. The lowest BCUT2D eigenvalue weighted by molar-refractivity contribution is -0.131. The summed E-state index contributed by atoms with van der Waals surface area (Å²) in [5.41, 5.74) is 1.99. The lowest BCUT2D eigenvalue weighted by Crippen LogP contribution is -2.47. The van der Waals surface area contributed by atoms with E-state index in [-0.39, 0.29) is 17.9 Å². The Morgan fingerprint density at radius 3 is 2.71 bits per heavy atom. The van der Waals surface area contributed by atoms with E-state index in [0.29, 0.717) is 25.9 Å². The molecule has 7 heteroatoms. The first-order valence-corrected chi connectivity index (χ1v) is 10.6. The van der Waals surface area contributed by atoms with Gasteiger partial charge in [-0.2, -0.15) is 0 Å². The first-order valence-electron chi connectivity index (χ1n) is 9.69. The van der Waals surface area contributed by atoms with Crippen LogP contribution in [-0.2, 0) is 22.4 Å². The molecule has 0 aliphatic carbocycles. The van der Waals surface area contributed by atoms with Crippen molar-refractivity contribution in [3.8, 4) is 0 Å². The average Bonchev–Trinajstić information content (AvgIpc) is 3.29. The third kappa shape index (κ3) is 4.59. The zero-order valence-corrected chi connectivity index (χ0v) is 16.5. The third-order valence-electron chi connectivity index (χ3n) is 5.17. The summed E-state index contributed by atoms with van der Waals surface area (Å²) in [5, 5.41) is 5.10. The fourth-order valence-corrected chi connectivity index (χ4v) is 4.32. The summed E-state index contributed by atoms with van der Waals surface area (Å²) in [5.74, 6) is 0.200. The van der Waals surface area contributed by atoms with E-state index in [1.165, 1.54) is 5.56 Å². The Bertz CT molecular complexity index is 913. The molecule has 1 fully saturated rings. The molecule has 0 bridgehead atoms. The summed E-state index contributed by atoms with van der Waals surface area (Å²) in [6, 6.07) is 10.2. The van der Waals surface area contributed by atoms with Gasteiger partial charge in [-0.1, -0.05) is 30.3 Å². The monoisotopic (exact) mass is 396 g/mol. The molecule has 0 atom stereocenters. The number of carbonyl (C=O) groups excluding carboxylic acids is 2. The number of fused-ring (bicyclic) bond motifs is 1. The highest BCUT2D eigenvalue weighted by molar-refractivity contribution is 7.15. The van der Waals surface area contributed by atoms with E-state index in [9.17, 15) is 9.59 Å². The number of benzene rings is 1. The smallest absolute Gasteiger partial charge is 0.228 e. The number of aromatic nitrogens is 2. The van der Waals surface area contributed by atoms with Crippen molar-refractivity contribution in [3.05, 3.63) is 59.4 Å². The number of nitrogens with zero attached hydrogens (tertiary/aromatic N) is 3. The molecule has 4 rings (SSSR count). The van der Waals surface area contributed by atoms with Gasteiger partial charge in [0.2, 0.25) is 11.8 Å². The van der Waals surface area contributed by atoms with Gasteiger partial charge < -0.3 is 10.2 Å². The lowest BCUT2D eigenvalue weighted by atomic mass is 10.0. The quantitative estimate of drug-likeness (QED) is 0.697. The number of aryl methyl sites for hydroxylation is 1. The van der Waals surface area contributed by atoms with Gasteiger partial charge in [0.1, 0.15) is 0 Å². The molecule has 1 saturated heterocycles. The van der Waals surface area contributed by atoms with Crippen LogP contribution < -0.4 is 5.32 Å². The van der Waals surface area contributed by atoms with E-state index in [2.05, 4.69) is 10.3 Å². The van der Waals surface area contributed by atoms with Crippen molar-refractivity contribution in [2.75, 3.05) is 13.1 Å². The number of piperidine rings is 1. The minimum atomic E-state index is 0.0895. The van der Waals surface area contributed by atoms with Gasteiger partial charge >= 0.3 is 0 Å². The first-order chi connectivity index (χ1) is 13.7. The van der Waals surface area contributed by atoms with Crippen molar-refractivity contribution in [2.45, 2.75) is 38.1 Å². The van der Waals surface area contributed by atoms with E-state index < -0.39 is 0 Å². The number of hydrogen-bond acceptors (Lipinski definition) is 4. The molecule has 1 N–H and O–H groups in total. The van der Waals surface area contributed by atoms with E-state index in [0.717, 1.165) is 29.9 Å². The third-order valence-corrected chi connectivity index (χ3v) is 5.94. The number of carbonyl (C=O) groups is 2. The Morgan fingerprint density at radius 2 is 1.96 bits per heavy atom. The largest absolute Gasteiger partial charge is 0.353 e. The molecule has 1 aromatic carbocycles. The highest BCUT2D eigenvalue weighted by Gasteiger charge is 2.24. The number of likely N-dealkylation sites (tertiary alicyclic amines) is 1. The molecule has 2 aromatic heterocycles. The zero-order chi connectivity index (χ0) is 19.3. The van der Waals surface area contributed by atoms with Crippen LogP contribution in [0.5, 0.6) is 0 Å². The molecular weight excluding hydrogens is 372 g/mol. The fourth-order valence-electron chi connectivity index (χ4n) is 3.60. The van der Waals surface area contributed by atoms with Gasteiger partial charge in [-0.15, -0.1) is 11.3 Å². The highest BCUT2D eigenvalue weighted by Crippen LogP contribution is 2.15. The van der Waals surface area contributed by atoms with E-state index >= 15 is 0 Å². The maximum Gasteiger partial charge on any atom is 0.228 e. The second kappa shape index (κ2) is 8.56. The van der Waals surface area contributed by atoms with E-state index in [1.807, 2.05) is 57.4 Å². The van der Waals surface area contributed by atoms with Crippen LogP contribution in [0.25, 0.3) is 4.96 Å². The SMILES string of the molecule is O=C(CCc1ccccc1)NC1CCN(C(=O)Cc2cn3ccsc3n2)CC1. The van der Waals surface area contributed by atoms with Crippen LogP contribution in [0.3, 0.4) is 0 Å². The Morgan fingerprint density at radius 1 is 1.18 bits per heavy atom. The second-order valence-electron chi connectivity index (χ2n) is 7.21. The van der Waals surface area contributed by atoms with E-state index in [1.54, 1.807) is 11.3 Å². The molecule has 2 amide bonds. The van der Waals surface area contributed by atoms with Crippen molar-refractivity contribution < 1.29 is 9.59 Å². The molecular formula is C21H24N4O2S. The van der Waals surface area contributed by atoms with E-state index in [4.69, 9.17) is 0 Å². The van der Waals surface area contributed by atoms with Crippen LogP contribution >= 0.6 is 11.3 Å². The van der Waals surface area contributed by atoms with Crippen molar-refractivity contribution in [3.63, 3.8) is 0 Å². The van der Waals surface area contributed by atoms with Gasteiger partial charge in [0.25, 0.3) is 0 Å². The molecule has 3 heterocycles. The molecule has 1 aliphatic heterocycles. The number of nitrogens with one attached hydrogen (secondary N) is 1. The maximum atomic E-state index is 12.5. The molecule has 0 unspecified atom stereocenters. The summed E-state index contributed by atoms with van der Waals surface area (Å²) in [6.45, 7) is 1.37. The summed E-state index contributed by atoms with van der Waals surface area (Å²) < 4.78 is 1.95. The molecule has 0 spiro atoms. The Labute approximate surface area is 168 Å². The van der Waals surface area contributed by atoms with Crippen molar-refractivity contribution >= 4 is 28.1 Å². The van der Waals surface area contributed by atoms with Crippen molar-refractivity contribution in [1.82, 2.24) is 19.6 Å². The number of imidazole rings is 1. The highest BCUT2D eigenvalue weighted by atomic mass is 32.1. The van der Waals surface area contributed by atoms with Gasteiger partial charge in [-0.3, -0.25) is 14.0 Å². The normalized spacial score (nSPS) is 15.1. The van der Waals surface area contributed by atoms with Gasteiger partial charge in [-0.25, -0.2) is 4.98 Å². The molecule has 1 aliphatic rings. The van der Waals surface area contributed by atoms with Gasteiger partial charge in [0.15, 0.2) is 4.96 Å². The summed E-state index contributed by atoms with van der Waals surface area (Å²) in [6.07, 6.45) is 7.08. The van der Waals surface area contributed by atoms with Crippen LogP contribution in [0, 0.1) is 0 Å². The molecule has 6 nitrogen and oxygen atoms in total. The second-order valence-corrected chi connectivity index (χ2v) is 8.08. The topological polar surface area (TPSA) is 66.7 Å².